The number of alkyl halides is 2. The number of amides is 2. The molecule has 2 amide bonds. The highest BCUT2D eigenvalue weighted by atomic mass is 35.5. The zero-order valence-corrected chi connectivity index (χ0v) is 37.4. The Balaban J connectivity index is 0.000000174. The Kier molecular flexibility index (Phi) is 17.1. The molecule has 10 nitrogen and oxygen atoms in total. The molecule has 60 heavy (non-hydrogen) atoms. The van der Waals surface area contributed by atoms with Crippen molar-refractivity contribution in [3.05, 3.63) is 70.8 Å². The highest BCUT2D eigenvalue weighted by Crippen LogP contribution is 2.39. The molecule has 2 aromatic rings. The number of rotatable bonds is 8. The molecule has 2 aromatic carbocycles. The van der Waals surface area contributed by atoms with Crippen molar-refractivity contribution >= 4 is 24.6 Å². The van der Waals surface area contributed by atoms with E-state index in [2.05, 4.69) is 5.32 Å². The molecule has 8 rings (SSSR count). The number of piperidine rings is 3. The number of nitrogens with zero attached hydrogens (tertiary/aromatic N) is 2. The highest BCUT2D eigenvalue weighted by molar-refractivity contribution is 5.85. The third-order valence-electron chi connectivity index (χ3n) is 12.3. The molecule has 6 heterocycles. The fourth-order valence-electron chi connectivity index (χ4n) is 9.81. The molecular weight excluding hydrogens is 792 g/mol. The summed E-state index contributed by atoms with van der Waals surface area (Å²) in [6.07, 6.45) is 11.8. The van der Waals surface area contributed by atoms with Crippen LogP contribution in [-0.2, 0) is 45.5 Å². The lowest BCUT2D eigenvalue weighted by Crippen LogP contribution is -2.50. The number of fused-ring (bicyclic) bond motifs is 6. The van der Waals surface area contributed by atoms with Gasteiger partial charge in [0.25, 0.3) is 0 Å². The molecule has 6 saturated heterocycles. The summed E-state index contributed by atoms with van der Waals surface area (Å²) in [6, 6.07) is 17.2. The smallest absolute Gasteiger partial charge is 0.410 e. The molecule has 0 radical (unpaired) electrons. The first-order valence-corrected chi connectivity index (χ1v) is 22.0. The number of ether oxygens (including phenoxy) is 4. The van der Waals surface area contributed by atoms with E-state index < -0.39 is 24.6 Å². The van der Waals surface area contributed by atoms with Crippen molar-refractivity contribution in [2.45, 2.75) is 211 Å². The van der Waals surface area contributed by atoms with Crippen LogP contribution < -0.4 is 5.32 Å². The number of hydrogen-bond donors (Lipinski definition) is 2. The van der Waals surface area contributed by atoms with Gasteiger partial charge in [0.2, 0.25) is 0 Å². The Labute approximate surface area is 362 Å². The van der Waals surface area contributed by atoms with Crippen molar-refractivity contribution in [3.63, 3.8) is 0 Å². The standard InChI is InChI=1S/C20H28FNO3.C15H20FNO.C12H21NO3.ClH/c1-20(2,3)25-19(23)22-16-7-8-17(22)11-18(10-16)24-13-15-6-4-5-14(9-15)12-21;16-9-11-2-1-3-12(6-11)10-18-15-7-13-4-5-14(8-15)17-13;1-12(2,3)16-11(15)13-8-4-5-9(13)7-10(14)6-8;/h4-6,9,16-18H,7-8,10-13H2,1-3H3;1-3,6,13-15,17H,4-5,7-10H2;8-10,14H,4-7H2,1-3H3;1H. The monoisotopic (exact) mass is 861 g/mol. The van der Waals surface area contributed by atoms with Gasteiger partial charge in [0.05, 0.1) is 31.5 Å². The van der Waals surface area contributed by atoms with Crippen LogP contribution in [0.2, 0.25) is 0 Å². The largest absolute Gasteiger partial charge is 0.444 e. The van der Waals surface area contributed by atoms with Gasteiger partial charge in [0.15, 0.2) is 0 Å². The third kappa shape index (κ3) is 13.7. The Morgan fingerprint density at radius 3 is 1.37 bits per heavy atom. The average molecular weight is 863 g/mol. The van der Waals surface area contributed by atoms with E-state index in [1.54, 1.807) is 6.07 Å². The fourth-order valence-corrected chi connectivity index (χ4v) is 9.81. The molecule has 6 bridgehead atoms. The van der Waals surface area contributed by atoms with E-state index in [4.69, 9.17) is 18.9 Å². The number of aliphatic hydroxyl groups excluding tert-OH is 1. The summed E-state index contributed by atoms with van der Waals surface area (Å²) in [5.41, 5.74) is 2.59. The lowest BCUT2D eigenvalue weighted by atomic mass is 10.00. The number of nitrogens with one attached hydrogen (secondary N) is 1. The Hall–Kier alpha value is -3.03. The maximum absolute atomic E-state index is 12.8. The van der Waals surface area contributed by atoms with Crippen LogP contribution >= 0.6 is 12.4 Å². The topological polar surface area (TPSA) is 110 Å². The molecule has 2 N–H and O–H groups in total. The lowest BCUT2D eigenvalue weighted by Gasteiger charge is -2.39. The fraction of sp³-hybridized carbons (Fsp3) is 0.702. The zero-order valence-electron chi connectivity index (χ0n) is 36.6. The predicted molar refractivity (Wildman–Crippen MR) is 230 cm³/mol. The Morgan fingerprint density at radius 2 is 0.983 bits per heavy atom. The highest BCUT2D eigenvalue weighted by Gasteiger charge is 2.46. The number of benzene rings is 2. The van der Waals surface area contributed by atoms with Gasteiger partial charge in [-0.2, -0.15) is 0 Å². The second-order valence-electron chi connectivity index (χ2n) is 19.5. The van der Waals surface area contributed by atoms with Crippen LogP contribution in [0.25, 0.3) is 0 Å². The molecular formula is C47H70ClF2N3O7. The second-order valence-corrected chi connectivity index (χ2v) is 19.5. The summed E-state index contributed by atoms with van der Waals surface area (Å²) in [5.74, 6) is 0. The van der Waals surface area contributed by atoms with Crippen LogP contribution in [0.5, 0.6) is 0 Å². The number of carbonyl (C=O) groups is 2. The third-order valence-corrected chi connectivity index (χ3v) is 12.3. The van der Waals surface area contributed by atoms with Gasteiger partial charge >= 0.3 is 12.2 Å². The molecule has 6 aliphatic heterocycles. The van der Waals surface area contributed by atoms with E-state index in [-0.39, 0.29) is 61.0 Å². The van der Waals surface area contributed by atoms with Gasteiger partial charge in [-0.25, -0.2) is 18.4 Å². The van der Waals surface area contributed by atoms with Gasteiger partial charge in [-0.3, -0.25) is 0 Å². The lowest BCUT2D eigenvalue weighted by molar-refractivity contribution is -0.0397. The molecule has 6 fully saturated rings. The van der Waals surface area contributed by atoms with Crippen LogP contribution in [0, 0.1) is 0 Å². The van der Waals surface area contributed by atoms with Crippen molar-refractivity contribution < 1.29 is 42.4 Å². The minimum absolute atomic E-state index is 0. The average Bonchev–Trinajstić information content (AvgIpc) is 3.78. The van der Waals surface area contributed by atoms with Gasteiger partial charge in [-0.15, -0.1) is 12.4 Å². The first-order chi connectivity index (χ1) is 28.1. The SMILES string of the molecule is CC(C)(C)OC(=O)N1C2CCC1CC(O)C2.CC(C)(C)OC(=O)N1C2CCC1CC(OCc1cccc(CF)c1)C2.Cl.FCc1cccc(COC2CC3CCC(C2)N3)c1. The van der Waals surface area contributed by atoms with Gasteiger partial charge in [0.1, 0.15) is 24.6 Å². The first-order valence-electron chi connectivity index (χ1n) is 22.0. The Morgan fingerprint density at radius 1 is 0.617 bits per heavy atom. The Bertz CT molecular complexity index is 1650. The van der Waals surface area contributed by atoms with E-state index in [0.717, 1.165) is 68.1 Å². The molecule has 6 aliphatic rings. The van der Waals surface area contributed by atoms with Crippen molar-refractivity contribution in [1.82, 2.24) is 15.1 Å². The van der Waals surface area contributed by atoms with Crippen LogP contribution in [0.1, 0.15) is 141 Å². The molecule has 6 unspecified atom stereocenters. The first kappa shape index (κ1) is 48.0. The molecule has 336 valence electrons. The number of aliphatic hydroxyl groups is 1. The van der Waals surface area contributed by atoms with Crippen molar-refractivity contribution in [1.29, 1.82) is 0 Å². The summed E-state index contributed by atoms with van der Waals surface area (Å²) in [4.78, 5) is 28.2. The maximum Gasteiger partial charge on any atom is 0.410 e. The summed E-state index contributed by atoms with van der Waals surface area (Å²) in [6.45, 7) is 11.6. The summed E-state index contributed by atoms with van der Waals surface area (Å²) in [7, 11) is 0. The van der Waals surface area contributed by atoms with Gasteiger partial charge in [-0.1, -0.05) is 48.5 Å². The quantitative estimate of drug-likeness (QED) is 0.270. The molecule has 0 spiro atoms. The maximum atomic E-state index is 12.8. The number of hydrogen-bond acceptors (Lipinski definition) is 8. The van der Waals surface area contributed by atoms with Crippen LogP contribution in [-0.4, -0.2) is 92.9 Å². The van der Waals surface area contributed by atoms with Crippen LogP contribution in [0.4, 0.5) is 18.4 Å². The summed E-state index contributed by atoms with van der Waals surface area (Å²) < 4.78 is 48.3. The molecule has 6 atom stereocenters. The summed E-state index contributed by atoms with van der Waals surface area (Å²) in [5, 5.41) is 13.3. The minimum atomic E-state index is -0.467. The molecule has 0 saturated carbocycles. The number of carbonyl (C=O) groups excluding carboxylic acids is 2. The van der Waals surface area contributed by atoms with Crippen LogP contribution in [0.15, 0.2) is 48.5 Å². The van der Waals surface area contributed by atoms with Crippen LogP contribution in [0.3, 0.4) is 0 Å². The van der Waals surface area contributed by atoms with Gasteiger partial charge in [-0.05, 0) is 141 Å². The van der Waals surface area contributed by atoms with E-state index >= 15 is 0 Å². The second kappa shape index (κ2) is 21.4. The van der Waals surface area contributed by atoms with Crippen molar-refractivity contribution in [2.75, 3.05) is 0 Å². The van der Waals surface area contributed by atoms with Crippen molar-refractivity contribution in [3.8, 4) is 0 Å². The summed E-state index contributed by atoms with van der Waals surface area (Å²) >= 11 is 0. The van der Waals surface area contributed by atoms with E-state index in [9.17, 15) is 23.5 Å². The molecule has 0 aliphatic carbocycles. The van der Waals surface area contributed by atoms with E-state index in [1.165, 1.54) is 12.8 Å². The van der Waals surface area contributed by atoms with Gasteiger partial charge < -0.3 is 39.2 Å². The van der Waals surface area contributed by atoms with Crippen molar-refractivity contribution in [2.24, 2.45) is 0 Å². The minimum Gasteiger partial charge on any atom is -0.444 e. The van der Waals surface area contributed by atoms with Gasteiger partial charge in [0, 0.05) is 36.3 Å². The molecule has 13 heteroatoms. The molecule has 0 aromatic heterocycles. The van der Waals surface area contributed by atoms with E-state index in [0.29, 0.717) is 49.8 Å². The van der Waals surface area contributed by atoms with E-state index in [1.807, 2.05) is 93.8 Å². The normalized spacial score (nSPS) is 29.1. The zero-order chi connectivity index (χ0) is 42.3. The number of halogens is 3. The predicted octanol–water partition coefficient (Wildman–Crippen LogP) is 9.89.